The first-order valence-corrected chi connectivity index (χ1v) is 6.42. The Morgan fingerprint density at radius 3 is 3.06 bits per heavy atom. The van der Waals surface area contributed by atoms with Crippen molar-refractivity contribution in [3.63, 3.8) is 0 Å². The van der Waals surface area contributed by atoms with Crippen molar-refractivity contribution in [2.75, 3.05) is 12.4 Å². The zero-order valence-corrected chi connectivity index (χ0v) is 9.80. The largest absolute Gasteiger partial charge is 0.392 e. The summed E-state index contributed by atoms with van der Waals surface area (Å²) in [5.74, 6) is 0.573. The topological polar surface area (TPSA) is 29.5 Å². The smallest absolute Gasteiger partial charge is 0.123 e. The van der Waals surface area contributed by atoms with Gasteiger partial charge in [-0.25, -0.2) is 4.39 Å². The van der Waals surface area contributed by atoms with Crippen LogP contribution in [0.2, 0.25) is 0 Å². The normalized spacial score (nSPS) is 20.2. The van der Waals surface area contributed by atoms with Gasteiger partial charge in [0.2, 0.25) is 0 Å². The molecule has 2 nitrogen and oxygen atoms in total. The molecular formula is C12H15FO2S. The van der Waals surface area contributed by atoms with Crippen LogP contribution in [0.4, 0.5) is 4.39 Å². The number of rotatable bonds is 4. The summed E-state index contributed by atoms with van der Waals surface area (Å²) < 4.78 is 18.4. The van der Waals surface area contributed by atoms with Crippen LogP contribution in [0.25, 0.3) is 0 Å². The summed E-state index contributed by atoms with van der Waals surface area (Å²) in [6, 6.07) is 4.54. The molecule has 2 rings (SSSR count). The number of aliphatic hydroxyl groups excluding tert-OH is 1. The molecule has 1 unspecified atom stereocenters. The SMILES string of the molecule is OCc1cc(F)ccc1SCC1CCCO1. The van der Waals surface area contributed by atoms with E-state index >= 15 is 0 Å². The molecule has 1 aliphatic rings. The van der Waals surface area contributed by atoms with Crippen LogP contribution in [0.3, 0.4) is 0 Å². The maximum atomic E-state index is 12.9. The van der Waals surface area contributed by atoms with Gasteiger partial charge in [0.15, 0.2) is 0 Å². The monoisotopic (exact) mass is 242 g/mol. The molecule has 0 aromatic heterocycles. The summed E-state index contributed by atoms with van der Waals surface area (Å²) >= 11 is 1.63. The fourth-order valence-electron chi connectivity index (χ4n) is 1.77. The van der Waals surface area contributed by atoms with Crippen LogP contribution in [-0.2, 0) is 11.3 Å². The average Bonchev–Trinajstić information content (AvgIpc) is 2.80. The van der Waals surface area contributed by atoms with Crippen LogP contribution in [0, 0.1) is 5.82 Å². The van der Waals surface area contributed by atoms with Crippen LogP contribution in [0.5, 0.6) is 0 Å². The molecule has 1 atom stereocenters. The lowest BCUT2D eigenvalue weighted by Gasteiger charge is -2.11. The van der Waals surface area contributed by atoms with E-state index in [1.54, 1.807) is 17.8 Å². The van der Waals surface area contributed by atoms with E-state index in [0.717, 1.165) is 30.1 Å². The number of thioether (sulfide) groups is 1. The second-order valence-corrected chi connectivity index (χ2v) is 4.92. The lowest BCUT2D eigenvalue weighted by Crippen LogP contribution is -2.08. The lowest BCUT2D eigenvalue weighted by molar-refractivity contribution is 0.129. The summed E-state index contributed by atoms with van der Waals surface area (Å²) in [6.45, 7) is 0.729. The van der Waals surface area contributed by atoms with Crippen molar-refractivity contribution in [1.82, 2.24) is 0 Å². The van der Waals surface area contributed by atoms with Crippen LogP contribution >= 0.6 is 11.8 Å². The van der Waals surface area contributed by atoms with Gasteiger partial charge in [0.25, 0.3) is 0 Å². The Morgan fingerprint density at radius 2 is 2.38 bits per heavy atom. The highest BCUT2D eigenvalue weighted by atomic mass is 32.2. The van der Waals surface area contributed by atoms with Gasteiger partial charge in [0, 0.05) is 17.3 Å². The highest BCUT2D eigenvalue weighted by Crippen LogP contribution is 2.27. The van der Waals surface area contributed by atoms with E-state index in [-0.39, 0.29) is 12.4 Å². The van der Waals surface area contributed by atoms with E-state index in [0.29, 0.717) is 11.7 Å². The van der Waals surface area contributed by atoms with Gasteiger partial charge in [-0.05, 0) is 36.6 Å². The van der Waals surface area contributed by atoms with Gasteiger partial charge in [-0.1, -0.05) is 0 Å². The van der Waals surface area contributed by atoms with E-state index in [1.165, 1.54) is 12.1 Å². The fraction of sp³-hybridized carbons (Fsp3) is 0.500. The van der Waals surface area contributed by atoms with E-state index in [1.807, 2.05) is 0 Å². The van der Waals surface area contributed by atoms with Crippen molar-refractivity contribution in [3.05, 3.63) is 29.6 Å². The summed E-state index contributed by atoms with van der Waals surface area (Å²) in [5.41, 5.74) is 0.656. The first kappa shape index (κ1) is 11.9. The molecule has 1 saturated heterocycles. The molecule has 0 spiro atoms. The summed E-state index contributed by atoms with van der Waals surface area (Å²) in [5, 5.41) is 9.12. The van der Waals surface area contributed by atoms with Crippen molar-refractivity contribution < 1.29 is 14.2 Å². The van der Waals surface area contributed by atoms with Crippen molar-refractivity contribution in [2.24, 2.45) is 0 Å². The van der Waals surface area contributed by atoms with Crippen molar-refractivity contribution in [3.8, 4) is 0 Å². The lowest BCUT2D eigenvalue weighted by atomic mass is 10.2. The van der Waals surface area contributed by atoms with E-state index in [4.69, 9.17) is 9.84 Å². The second kappa shape index (κ2) is 5.66. The third-order valence-corrected chi connectivity index (χ3v) is 3.89. The summed E-state index contributed by atoms with van der Waals surface area (Å²) in [6.07, 6.45) is 2.53. The fourth-order valence-corrected chi connectivity index (χ4v) is 2.87. The Hall–Kier alpha value is -0.580. The number of benzene rings is 1. The molecule has 1 N–H and O–H groups in total. The molecule has 88 valence electrons. The molecule has 0 bridgehead atoms. The summed E-state index contributed by atoms with van der Waals surface area (Å²) in [7, 11) is 0. The minimum absolute atomic E-state index is 0.119. The first-order valence-electron chi connectivity index (χ1n) is 5.43. The molecule has 1 aromatic rings. The van der Waals surface area contributed by atoms with Crippen LogP contribution in [-0.4, -0.2) is 23.6 Å². The predicted octanol–water partition coefficient (Wildman–Crippen LogP) is 2.59. The first-order chi connectivity index (χ1) is 7.79. The van der Waals surface area contributed by atoms with Crippen molar-refractivity contribution >= 4 is 11.8 Å². The molecule has 1 aliphatic heterocycles. The van der Waals surface area contributed by atoms with Crippen LogP contribution in [0.1, 0.15) is 18.4 Å². The number of halogens is 1. The maximum Gasteiger partial charge on any atom is 0.123 e. The highest BCUT2D eigenvalue weighted by molar-refractivity contribution is 7.99. The average molecular weight is 242 g/mol. The Morgan fingerprint density at radius 1 is 1.50 bits per heavy atom. The molecule has 16 heavy (non-hydrogen) atoms. The molecule has 1 aromatic carbocycles. The maximum absolute atomic E-state index is 12.9. The number of hydrogen-bond acceptors (Lipinski definition) is 3. The zero-order chi connectivity index (χ0) is 11.4. The molecule has 1 fully saturated rings. The third kappa shape index (κ3) is 2.97. The van der Waals surface area contributed by atoms with Gasteiger partial charge >= 0.3 is 0 Å². The summed E-state index contributed by atoms with van der Waals surface area (Å²) in [4.78, 5) is 0.944. The molecule has 4 heteroatoms. The standard InChI is InChI=1S/C12H15FO2S/c13-10-3-4-12(9(6-10)7-14)16-8-11-2-1-5-15-11/h3-4,6,11,14H,1-2,5,7-8H2. The van der Waals surface area contributed by atoms with Gasteiger partial charge in [-0.3, -0.25) is 0 Å². The quantitative estimate of drug-likeness (QED) is 0.823. The van der Waals surface area contributed by atoms with Crippen molar-refractivity contribution in [1.29, 1.82) is 0 Å². The van der Waals surface area contributed by atoms with E-state index < -0.39 is 0 Å². The number of ether oxygens (including phenoxy) is 1. The molecule has 1 heterocycles. The number of hydrogen-bond donors (Lipinski definition) is 1. The van der Waals surface area contributed by atoms with Gasteiger partial charge in [0.1, 0.15) is 5.82 Å². The molecular weight excluding hydrogens is 227 g/mol. The van der Waals surface area contributed by atoms with Crippen LogP contribution < -0.4 is 0 Å². The highest BCUT2D eigenvalue weighted by Gasteiger charge is 2.16. The minimum Gasteiger partial charge on any atom is -0.392 e. The zero-order valence-electron chi connectivity index (χ0n) is 8.99. The van der Waals surface area contributed by atoms with Gasteiger partial charge < -0.3 is 9.84 Å². The number of aliphatic hydroxyl groups is 1. The molecule has 0 saturated carbocycles. The Balaban J connectivity index is 1.97. The van der Waals surface area contributed by atoms with Crippen molar-refractivity contribution in [2.45, 2.75) is 30.4 Å². The molecule has 0 radical (unpaired) electrons. The van der Waals surface area contributed by atoms with Gasteiger partial charge in [-0.15, -0.1) is 11.8 Å². The van der Waals surface area contributed by atoms with E-state index in [9.17, 15) is 4.39 Å². The van der Waals surface area contributed by atoms with E-state index in [2.05, 4.69) is 0 Å². The molecule has 0 amide bonds. The minimum atomic E-state index is -0.300. The Labute approximate surface area is 98.8 Å². The van der Waals surface area contributed by atoms with Crippen LogP contribution in [0.15, 0.2) is 23.1 Å². The Kier molecular flexibility index (Phi) is 4.21. The predicted molar refractivity (Wildman–Crippen MR) is 62.0 cm³/mol. The second-order valence-electron chi connectivity index (χ2n) is 3.86. The Bertz CT molecular complexity index is 351. The van der Waals surface area contributed by atoms with Gasteiger partial charge in [-0.2, -0.15) is 0 Å². The molecule has 0 aliphatic carbocycles. The van der Waals surface area contributed by atoms with Gasteiger partial charge in [0.05, 0.1) is 12.7 Å². The third-order valence-electron chi connectivity index (χ3n) is 2.64.